The Morgan fingerprint density at radius 3 is 2.23 bits per heavy atom. The molecule has 1 saturated heterocycles. The number of rotatable bonds is 5. The van der Waals surface area contributed by atoms with E-state index in [9.17, 15) is 9.59 Å². The molecule has 1 aromatic rings. The van der Waals surface area contributed by atoms with Gasteiger partial charge in [-0.15, -0.1) is 11.3 Å². The fourth-order valence-electron chi connectivity index (χ4n) is 5.73. The lowest BCUT2D eigenvalue weighted by Gasteiger charge is -2.33. The summed E-state index contributed by atoms with van der Waals surface area (Å²) in [6, 6.07) is 0.712. The number of hydrogen-bond acceptors (Lipinski definition) is 5. The summed E-state index contributed by atoms with van der Waals surface area (Å²) in [4.78, 5) is 34.4. The van der Waals surface area contributed by atoms with Crippen LogP contribution in [0.4, 0.5) is 4.79 Å². The van der Waals surface area contributed by atoms with Crippen molar-refractivity contribution in [2.24, 2.45) is 5.92 Å². The lowest BCUT2D eigenvalue weighted by molar-refractivity contribution is -0.136. The summed E-state index contributed by atoms with van der Waals surface area (Å²) in [5.74, 6) is 1.45. The minimum Gasteiger partial charge on any atom is -0.390 e. The average Bonchev–Trinajstić information content (AvgIpc) is 3.27. The highest BCUT2D eigenvalue weighted by molar-refractivity contribution is 7.09. The van der Waals surface area contributed by atoms with Gasteiger partial charge in [-0.05, 0) is 51.4 Å². The highest BCUT2D eigenvalue weighted by Crippen LogP contribution is 2.36. The molecule has 1 aliphatic heterocycles. The van der Waals surface area contributed by atoms with Crippen molar-refractivity contribution < 1.29 is 14.3 Å². The fraction of sp³-hybridized carbons (Fsp3) is 0.792. The van der Waals surface area contributed by atoms with Crippen LogP contribution < -0.4 is 4.74 Å². The first kappa shape index (κ1) is 21.2. The molecule has 0 atom stereocenters. The Morgan fingerprint density at radius 2 is 1.55 bits per heavy atom. The van der Waals surface area contributed by atoms with E-state index in [1.165, 1.54) is 32.1 Å². The molecule has 31 heavy (non-hydrogen) atoms. The second-order valence-electron chi connectivity index (χ2n) is 9.90. The minimum atomic E-state index is -0.205. The van der Waals surface area contributed by atoms with Gasteiger partial charge in [0.1, 0.15) is 0 Å². The first-order valence-electron chi connectivity index (χ1n) is 12.4. The van der Waals surface area contributed by atoms with Gasteiger partial charge in [-0.1, -0.05) is 32.1 Å². The number of piperidine rings is 1. The van der Waals surface area contributed by atoms with Crippen molar-refractivity contribution in [3.8, 4) is 5.88 Å². The maximum absolute atomic E-state index is 12.9. The summed E-state index contributed by atoms with van der Waals surface area (Å²) in [7, 11) is 0. The molecule has 1 aromatic heterocycles. The maximum atomic E-state index is 12.9. The van der Waals surface area contributed by atoms with Gasteiger partial charge < -0.3 is 14.5 Å². The average molecular weight is 446 g/mol. The molecule has 0 bridgehead atoms. The van der Waals surface area contributed by atoms with Crippen molar-refractivity contribution in [1.29, 1.82) is 0 Å². The second-order valence-corrected chi connectivity index (χ2v) is 10.8. The Bertz CT molecular complexity index is 773. The molecule has 2 heterocycles. The fourth-order valence-corrected chi connectivity index (χ4v) is 6.63. The van der Waals surface area contributed by atoms with Gasteiger partial charge in [0.25, 0.3) is 0 Å². The molecule has 4 fully saturated rings. The molecule has 3 saturated carbocycles. The number of hydrogen-bond donors (Lipinski definition) is 0. The van der Waals surface area contributed by atoms with Gasteiger partial charge in [0.15, 0.2) is 0 Å². The van der Waals surface area contributed by atoms with Crippen molar-refractivity contribution in [2.45, 2.75) is 101 Å². The molecule has 0 radical (unpaired) electrons. The van der Waals surface area contributed by atoms with E-state index >= 15 is 0 Å². The molecule has 4 aliphatic rings. The molecule has 0 N–H and O–H groups in total. The van der Waals surface area contributed by atoms with E-state index in [4.69, 9.17) is 4.74 Å². The molecular weight excluding hydrogens is 410 g/mol. The summed E-state index contributed by atoms with van der Waals surface area (Å²) >= 11 is 1.59. The molecule has 170 valence electrons. The number of amides is 2. The molecule has 6 nitrogen and oxygen atoms in total. The van der Waals surface area contributed by atoms with Crippen LogP contribution in [0.3, 0.4) is 0 Å². The zero-order valence-electron chi connectivity index (χ0n) is 18.5. The van der Waals surface area contributed by atoms with E-state index in [-0.39, 0.29) is 12.0 Å². The van der Waals surface area contributed by atoms with Crippen molar-refractivity contribution in [3.05, 3.63) is 10.4 Å². The van der Waals surface area contributed by atoms with Crippen LogP contribution in [0.1, 0.15) is 94.4 Å². The van der Waals surface area contributed by atoms with Crippen molar-refractivity contribution in [1.82, 2.24) is 14.8 Å². The van der Waals surface area contributed by atoms with E-state index in [0.29, 0.717) is 29.8 Å². The van der Waals surface area contributed by atoms with E-state index in [2.05, 4.69) is 9.88 Å². The number of carbonyl (C=O) groups excluding carboxylic acids is 2. The predicted octanol–water partition coefficient (Wildman–Crippen LogP) is 5.34. The molecule has 7 heteroatoms. The van der Waals surface area contributed by atoms with Crippen molar-refractivity contribution in [2.75, 3.05) is 13.1 Å². The molecule has 0 spiro atoms. The number of carbonyl (C=O) groups is 2. The summed E-state index contributed by atoms with van der Waals surface area (Å²) in [5, 5.41) is 2.93. The van der Waals surface area contributed by atoms with Crippen LogP contribution in [0.5, 0.6) is 5.88 Å². The van der Waals surface area contributed by atoms with Crippen LogP contribution in [0.25, 0.3) is 0 Å². The van der Waals surface area contributed by atoms with Gasteiger partial charge in [-0.2, -0.15) is 0 Å². The van der Waals surface area contributed by atoms with E-state index < -0.39 is 0 Å². The lowest BCUT2D eigenvalue weighted by Crippen LogP contribution is -2.44. The Labute approximate surface area is 189 Å². The van der Waals surface area contributed by atoms with E-state index in [1.54, 1.807) is 11.3 Å². The van der Waals surface area contributed by atoms with Gasteiger partial charge in [0.05, 0.1) is 10.4 Å². The van der Waals surface area contributed by atoms with Crippen LogP contribution in [0, 0.1) is 5.92 Å². The molecule has 0 unspecified atom stereocenters. The van der Waals surface area contributed by atoms with E-state index in [1.807, 2.05) is 10.3 Å². The van der Waals surface area contributed by atoms with Crippen LogP contribution in [-0.2, 0) is 4.79 Å². The van der Waals surface area contributed by atoms with Crippen LogP contribution in [0.2, 0.25) is 0 Å². The van der Waals surface area contributed by atoms with Gasteiger partial charge in [-0.3, -0.25) is 4.79 Å². The third kappa shape index (κ3) is 4.91. The molecule has 5 rings (SSSR count). The zero-order chi connectivity index (χ0) is 21.2. The molecule has 3 aliphatic carbocycles. The first-order valence-corrected chi connectivity index (χ1v) is 13.3. The van der Waals surface area contributed by atoms with Crippen LogP contribution in [-0.4, -0.2) is 52.0 Å². The zero-order valence-corrected chi connectivity index (χ0v) is 19.3. The Hall–Kier alpha value is -1.63. The second kappa shape index (κ2) is 9.47. The topological polar surface area (TPSA) is 62.7 Å². The summed E-state index contributed by atoms with van der Waals surface area (Å²) in [5.41, 5.74) is 0. The monoisotopic (exact) mass is 445 g/mol. The third-order valence-corrected chi connectivity index (χ3v) is 8.66. The van der Waals surface area contributed by atoms with E-state index in [0.717, 1.165) is 69.5 Å². The number of ether oxygens (including phenoxy) is 1. The SMILES string of the molecule is O=C(C1CCCC1)N1CCC(c2nc(OC(=O)N(C3CCCCC3)C3CC3)cs2)CC1. The minimum absolute atomic E-state index is 0.205. The Balaban J connectivity index is 1.15. The highest BCUT2D eigenvalue weighted by Gasteiger charge is 2.39. The van der Waals surface area contributed by atoms with Gasteiger partial charge >= 0.3 is 6.09 Å². The largest absolute Gasteiger partial charge is 0.417 e. The van der Waals surface area contributed by atoms with Crippen LogP contribution in [0.15, 0.2) is 5.38 Å². The molecular formula is C24H35N3O3S. The number of aromatic nitrogens is 1. The third-order valence-electron chi connectivity index (χ3n) is 7.67. The lowest BCUT2D eigenvalue weighted by atomic mass is 9.94. The predicted molar refractivity (Wildman–Crippen MR) is 120 cm³/mol. The summed E-state index contributed by atoms with van der Waals surface area (Å²) < 4.78 is 5.75. The highest BCUT2D eigenvalue weighted by atomic mass is 32.1. The Morgan fingerprint density at radius 1 is 0.903 bits per heavy atom. The standard InChI is InChI=1S/C24H35N3O3S/c28-23(18-6-4-5-7-18)26-14-12-17(13-15-26)22-25-21(16-31-22)30-24(29)27(20-10-11-20)19-8-2-1-3-9-19/h16-20H,1-15H2. The van der Waals surface area contributed by atoms with Gasteiger partial charge in [0, 0.05) is 37.0 Å². The first-order chi connectivity index (χ1) is 15.2. The number of nitrogens with zero attached hydrogens (tertiary/aromatic N) is 3. The number of likely N-dealkylation sites (tertiary alicyclic amines) is 1. The van der Waals surface area contributed by atoms with Crippen molar-refractivity contribution >= 4 is 23.3 Å². The van der Waals surface area contributed by atoms with Gasteiger partial charge in [0.2, 0.25) is 11.8 Å². The summed E-state index contributed by atoms with van der Waals surface area (Å²) in [6.07, 6.45) is 14.4. The quantitative estimate of drug-likeness (QED) is 0.614. The van der Waals surface area contributed by atoms with Gasteiger partial charge in [-0.25, -0.2) is 9.78 Å². The Kier molecular flexibility index (Phi) is 6.49. The molecule has 0 aromatic carbocycles. The van der Waals surface area contributed by atoms with Crippen LogP contribution >= 0.6 is 11.3 Å². The smallest absolute Gasteiger partial charge is 0.390 e. The number of thiazole rings is 1. The maximum Gasteiger partial charge on any atom is 0.417 e. The summed E-state index contributed by atoms with van der Waals surface area (Å²) in [6.45, 7) is 1.65. The normalized spacial score (nSPS) is 23.8. The van der Waals surface area contributed by atoms with Crippen molar-refractivity contribution in [3.63, 3.8) is 0 Å². The molecule has 2 amide bonds.